The molecule has 0 radical (unpaired) electrons. The summed E-state index contributed by atoms with van der Waals surface area (Å²) >= 11 is 0. The van der Waals surface area contributed by atoms with Crippen molar-refractivity contribution in [3.63, 3.8) is 0 Å². The topological polar surface area (TPSA) is 45.9 Å². The number of halogens is 3. The molecule has 0 amide bonds. The van der Waals surface area contributed by atoms with E-state index in [1.807, 2.05) is 40.9 Å². The van der Waals surface area contributed by atoms with Crippen LogP contribution in [-0.2, 0) is 0 Å². The molecule has 3 aromatic rings. The average molecular weight is 467 g/mol. The Balaban J connectivity index is 1.46. The molecule has 1 aromatic heterocycles. The number of aryl methyl sites for hydroxylation is 1. The lowest BCUT2D eigenvalue weighted by atomic mass is 10.00. The third kappa shape index (κ3) is 4.02. The molecule has 1 fully saturated rings. The van der Waals surface area contributed by atoms with Crippen LogP contribution in [0.15, 0.2) is 53.4 Å². The largest absolute Gasteiger partial charge is 0.495 e. The maximum Gasteiger partial charge on any atom is 0.194 e. The van der Waals surface area contributed by atoms with E-state index in [4.69, 9.17) is 9.73 Å². The molecule has 2 aromatic carbocycles. The number of amidine groups is 1. The fraction of sp³-hybridized carbons (Fsp3) is 0.280. The number of nitrogens with zero attached hydrogens (tertiary/aromatic N) is 5. The first-order valence-electron chi connectivity index (χ1n) is 11.1. The van der Waals surface area contributed by atoms with E-state index in [9.17, 15) is 13.2 Å². The predicted molar refractivity (Wildman–Crippen MR) is 125 cm³/mol. The van der Waals surface area contributed by atoms with Crippen LogP contribution in [0.1, 0.15) is 24.1 Å². The molecule has 0 atom stereocenters. The third-order valence-electron chi connectivity index (χ3n) is 6.01. The number of rotatable bonds is 4. The molecule has 6 nitrogen and oxygen atoms in total. The van der Waals surface area contributed by atoms with Gasteiger partial charge in [-0.05, 0) is 49.1 Å². The third-order valence-corrected chi connectivity index (χ3v) is 6.01. The quantitative estimate of drug-likeness (QED) is 0.511. The fourth-order valence-corrected chi connectivity index (χ4v) is 4.44. The highest BCUT2D eigenvalue weighted by atomic mass is 19.2. The predicted octanol–water partition coefficient (Wildman–Crippen LogP) is 4.92. The normalized spacial score (nSPS) is 17.1. The van der Waals surface area contributed by atoms with Gasteiger partial charge in [-0.2, -0.15) is 0 Å². The second kappa shape index (κ2) is 8.89. The minimum Gasteiger partial charge on any atom is -0.495 e. The highest BCUT2D eigenvalue weighted by Gasteiger charge is 2.30. The molecular formula is C25H24F3N5O. The molecule has 0 bridgehead atoms. The number of ether oxygens (including phenoxy) is 1. The Morgan fingerprint density at radius 1 is 1.03 bits per heavy atom. The summed E-state index contributed by atoms with van der Waals surface area (Å²) in [4.78, 5) is 8.98. The van der Waals surface area contributed by atoms with Gasteiger partial charge in [-0.25, -0.2) is 18.2 Å². The molecule has 5 rings (SSSR count). The number of hydrogen-bond donors (Lipinski definition) is 0. The van der Waals surface area contributed by atoms with Crippen LogP contribution in [0.2, 0.25) is 0 Å². The lowest BCUT2D eigenvalue weighted by Crippen LogP contribution is -2.53. The lowest BCUT2D eigenvalue weighted by molar-refractivity contribution is 0.345. The van der Waals surface area contributed by atoms with Gasteiger partial charge >= 0.3 is 0 Å². The maximum absolute atomic E-state index is 13.9. The smallest absolute Gasteiger partial charge is 0.194 e. The van der Waals surface area contributed by atoms with Crippen LogP contribution >= 0.6 is 0 Å². The molecule has 0 saturated carbocycles. The molecule has 34 heavy (non-hydrogen) atoms. The highest BCUT2D eigenvalue weighted by molar-refractivity contribution is 6.04. The van der Waals surface area contributed by atoms with Crippen molar-refractivity contribution in [2.75, 3.05) is 31.8 Å². The molecule has 1 saturated heterocycles. The van der Waals surface area contributed by atoms with Gasteiger partial charge in [-0.3, -0.25) is 15.0 Å². The van der Waals surface area contributed by atoms with E-state index < -0.39 is 17.5 Å². The van der Waals surface area contributed by atoms with Crippen LogP contribution in [-0.4, -0.2) is 47.1 Å². The van der Waals surface area contributed by atoms with Crippen molar-refractivity contribution < 1.29 is 17.9 Å². The molecule has 0 N–H and O–H groups in total. The number of imidazole rings is 1. The van der Waals surface area contributed by atoms with Crippen LogP contribution in [0.3, 0.4) is 0 Å². The van der Waals surface area contributed by atoms with E-state index >= 15 is 0 Å². The van der Waals surface area contributed by atoms with E-state index in [1.54, 1.807) is 18.4 Å². The standard InChI is InChI=1S/C25H24F3N5O/c1-16-14-31(15-30-16)22-6-5-17(11-23(22)34-2)10-18-4-3-8-33-25(18)29-7-9-32(33)19-12-20(26)24(28)21(27)13-19/h5-6,10-15H,3-4,7-9H2,1-2H3/b18-10+. The number of hydrogen-bond acceptors (Lipinski definition) is 5. The van der Waals surface area contributed by atoms with Gasteiger partial charge in [-0.1, -0.05) is 6.07 Å². The van der Waals surface area contributed by atoms with Crippen molar-refractivity contribution in [1.82, 2.24) is 14.6 Å². The highest BCUT2D eigenvalue weighted by Crippen LogP contribution is 2.31. The molecule has 3 heterocycles. The lowest BCUT2D eigenvalue weighted by Gasteiger charge is -2.44. The van der Waals surface area contributed by atoms with E-state index in [-0.39, 0.29) is 5.69 Å². The summed E-state index contributed by atoms with van der Waals surface area (Å²) in [7, 11) is 1.63. The van der Waals surface area contributed by atoms with E-state index in [0.29, 0.717) is 25.4 Å². The second-order valence-corrected chi connectivity index (χ2v) is 8.30. The number of aliphatic imine (C=N–C) groups is 1. The zero-order valence-electron chi connectivity index (χ0n) is 18.9. The number of aromatic nitrogens is 2. The minimum atomic E-state index is -1.46. The van der Waals surface area contributed by atoms with Crippen LogP contribution < -0.4 is 9.75 Å². The first kappa shape index (κ1) is 22.1. The van der Waals surface area contributed by atoms with Gasteiger partial charge in [-0.15, -0.1) is 0 Å². The summed E-state index contributed by atoms with van der Waals surface area (Å²) < 4.78 is 48.8. The summed E-state index contributed by atoms with van der Waals surface area (Å²) in [6.07, 6.45) is 7.40. The summed E-state index contributed by atoms with van der Waals surface area (Å²) in [5.41, 5.74) is 4.04. The second-order valence-electron chi connectivity index (χ2n) is 8.30. The summed E-state index contributed by atoms with van der Waals surface area (Å²) in [5.74, 6) is -2.39. The summed E-state index contributed by atoms with van der Waals surface area (Å²) in [6.45, 7) is 3.50. The minimum absolute atomic E-state index is 0.270. The van der Waals surface area contributed by atoms with E-state index in [2.05, 4.69) is 11.1 Å². The number of piperidine rings is 1. The van der Waals surface area contributed by atoms with Gasteiger partial charge in [0, 0.05) is 24.9 Å². The Morgan fingerprint density at radius 3 is 2.53 bits per heavy atom. The monoisotopic (exact) mass is 467 g/mol. The van der Waals surface area contributed by atoms with Crippen molar-refractivity contribution in [3.05, 3.63) is 77.1 Å². The Hall–Kier alpha value is -3.75. The molecule has 2 aliphatic rings. The Bertz CT molecular complexity index is 1280. The Labute approximate surface area is 195 Å². The molecule has 0 aliphatic carbocycles. The molecule has 2 aliphatic heterocycles. The van der Waals surface area contributed by atoms with Crippen molar-refractivity contribution in [2.45, 2.75) is 19.8 Å². The molecule has 176 valence electrons. The number of anilines is 1. The first-order valence-corrected chi connectivity index (χ1v) is 11.1. The van der Waals surface area contributed by atoms with E-state index in [1.165, 1.54) is 0 Å². The van der Waals surface area contributed by atoms with Gasteiger partial charge in [0.1, 0.15) is 11.6 Å². The maximum atomic E-state index is 13.9. The van der Waals surface area contributed by atoms with Crippen LogP contribution in [0.4, 0.5) is 18.9 Å². The Kier molecular flexibility index (Phi) is 5.77. The average Bonchev–Trinajstić information content (AvgIpc) is 3.28. The summed E-state index contributed by atoms with van der Waals surface area (Å²) in [5, 5.41) is 3.69. The van der Waals surface area contributed by atoms with E-state index in [0.717, 1.165) is 53.3 Å². The van der Waals surface area contributed by atoms with Gasteiger partial charge in [0.25, 0.3) is 0 Å². The summed E-state index contributed by atoms with van der Waals surface area (Å²) in [6, 6.07) is 8.00. The number of hydrazine groups is 1. The first-order chi connectivity index (χ1) is 16.4. The number of fused-ring (bicyclic) bond motifs is 1. The van der Waals surface area contributed by atoms with Crippen molar-refractivity contribution in [3.8, 4) is 11.4 Å². The SMILES string of the molecule is COc1cc(/C=C2\CCCN3C2=NCCN3c2cc(F)c(F)c(F)c2)ccc1-n1cnc(C)c1. The molecule has 0 spiro atoms. The zero-order valence-corrected chi connectivity index (χ0v) is 18.9. The zero-order chi connectivity index (χ0) is 23.8. The van der Waals surface area contributed by atoms with Crippen LogP contribution in [0.5, 0.6) is 5.75 Å². The van der Waals surface area contributed by atoms with Crippen molar-refractivity contribution in [2.24, 2.45) is 4.99 Å². The Morgan fingerprint density at radius 2 is 1.82 bits per heavy atom. The number of benzene rings is 2. The van der Waals surface area contributed by atoms with Gasteiger partial charge in [0.15, 0.2) is 17.5 Å². The van der Waals surface area contributed by atoms with Crippen molar-refractivity contribution in [1.29, 1.82) is 0 Å². The van der Waals surface area contributed by atoms with Gasteiger partial charge < -0.3 is 9.30 Å². The fourth-order valence-electron chi connectivity index (χ4n) is 4.44. The van der Waals surface area contributed by atoms with Crippen molar-refractivity contribution >= 4 is 17.6 Å². The number of methoxy groups -OCH3 is 1. The van der Waals surface area contributed by atoms with Gasteiger partial charge in [0.05, 0.1) is 43.6 Å². The van der Waals surface area contributed by atoms with Gasteiger partial charge in [0.2, 0.25) is 0 Å². The molecular weight excluding hydrogens is 443 g/mol. The van der Waals surface area contributed by atoms with Crippen LogP contribution in [0, 0.1) is 24.4 Å². The van der Waals surface area contributed by atoms with Crippen LogP contribution in [0.25, 0.3) is 11.8 Å². The molecule has 0 unspecified atom stereocenters. The molecule has 9 heteroatoms.